The van der Waals surface area contributed by atoms with Crippen LogP contribution in [0, 0.1) is 5.92 Å². The molecule has 2 aliphatic rings. The molecule has 3 rings (SSSR count). The van der Waals surface area contributed by atoms with Crippen LogP contribution < -0.4 is 0 Å². The van der Waals surface area contributed by atoms with Gasteiger partial charge in [-0.3, -0.25) is 9.69 Å². The smallest absolute Gasteiger partial charge is 0.338 e. The molecule has 0 spiro atoms. The first-order valence-electron chi connectivity index (χ1n) is 9.65. The molecule has 0 aliphatic carbocycles. The Labute approximate surface area is 175 Å². The molecule has 1 amide bonds. The van der Waals surface area contributed by atoms with Crippen LogP contribution in [0.5, 0.6) is 0 Å². The van der Waals surface area contributed by atoms with Gasteiger partial charge < -0.3 is 9.47 Å². The van der Waals surface area contributed by atoms with Crippen LogP contribution in [0.1, 0.15) is 36.0 Å². The number of carbonyl (C=O) groups is 2. The summed E-state index contributed by atoms with van der Waals surface area (Å²) in [6.07, 6.45) is 7.18. The maximum Gasteiger partial charge on any atom is 0.338 e. The van der Waals surface area contributed by atoms with Crippen molar-refractivity contribution in [2.45, 2.75) is 31.8 Å². The predicted octanol–water partition coefficient (Wildman–Crippen LogP) is 3.84. The minimum absolute atomic E-state index is 0.0358. The second-order valence-electron chi connectivity index (χ2n) is 6.75. The number of hydrogen-bond donors (Lipinski definition) is 0. The summed E-state index contributed by atoms with van der Waals surface area (Å²) >= 11 is 6.85. The summed E-state index contributed by atoms with van der Waals surface area (Å²) in [6.45, 7) is 1.73. The molecule has 0 saturated carbocycles. The fourth-order valence-corrected chi connectivity index (χ4v) is 4.51. The number of thioether (sulfide) groups is 1. The molecule has 0 N–H and O–H groups in total. The highest BCUT2D eigenvalue weighted by Gasteiger charge is 2.35. The lowest BCUT2D eigenvalue weighted by atomic mass is 9.97. The molecule has 0 aromatic heterocycles. The number of rotatable bonds is 8. The molecule has 0 unspecified atom stereocenters. The van der Waals surface area contributed by atoms with E-state index in [2.05, 4.69) is 0 Å². The summed E-state index contributed by atoms with van der Waals surface area (Å²) in [5.74, 6) is 0.288. The topological polar surface area (TPSA) is 55.8 Å². The van der Waals surface area contributed by atoms with Gasteiger partial charge in [-0.05, 0) is 37.8 Å². The van der Waals surface area contributed by atoms with Crippen molar-refractivity contribution in [3.8, 4) is 0 Å². The number of unbranched alkanes of at least 4 members (excludes halogenated alkanes) is 1. The van der Waals surface area contributed by atoms with Crippen LogP contribution >= 0.6 is 24.0 Å². The Morgan fingerprint density at radius 3 is 2.86 bits per heavy atom. The number of benzene rings is 1. The van der Waals surface area contributed by atoms with Gasteiger partial charge in [0.1, 0.15) is 4.32 Å². The number of allylic oxidation sites excluding steroid dienone is 1. The van der Waals surface area contributed by atoms with E-state index in [1.54, 1.807) is 28.8 Å². The van der Waals surface area contributed by atoms with Crippen molar-refractivity contribution in [2.75, 3.05) is 25.5 Å². The highest BCUT2D eigenvalue weighted by molar-refractivity contribution is 8.23. The quantitative estimate of drug-likeness (QED) is 0.276. The van der Waals surface area contributed by atoms with E-state index in [0.717, 1.165) is 25.0 Å². The van der Waals surface area contributed by atoms with E-state index in [9.17, 15) is 9.59 Å². The zero-order chi connectivity index (χ0) is 19.8. The standard InChI is InChI=1S/C21H25NO4S2/c23-19(22-12-15-28-21(22)27)17(18-11-7-14-25-18)10-5-2-6-13-26-20(24)16-8-3-1-4-9-16/h1,3-5,8-10,17-18H,2,6-7,11-15H2/b10-5+/t17-,18+/m1/s1. The Morgan fingerprint density at radius 1 is 1.36 bits per heavy atom. The third-order valence-electron chi connectivity index (χ3n) is 4.78. The lowest BCUT2D eigenvalue weighted by Crippen LogP contribution is -2.40. The predicted molar refractivity (Wildman–Crippen MR) is 114 cm³/mol. The maximum atomic E-state index is 12.9. The molecule has 2 heterocycles. The summed E-state index contributed by atoms with van der Waals surface area (Å²) in [7, 11) is 0. The molecule has 150 valence electrons. The van der Waals surface area contributed by atoms with E-state index in [1.807, 2.05) is 30.4 Å². The molecule has 1 aromatic rings. The van der Waals surface area contributed by atoms with Crippen molar-refractivity contribution < 1.29 is 19.1 Å². The fourth-order valence-electron chi connectivity index (χ4n) is 3.29. The van der Waals surface area contributed by atoms with Gasteiger partial charge in [0.2, 0.25) is 5.91 Å². The summed E-state index contributed by atoms with van der Waals surface area (Å²) in [5, 5.41) is 0. The van der Waals surface area contributed by atoms with Crippen molar-refractivity contribution in [3.63, 3.8) is 0 Å². The van der Waals surface area contributed by atoms with Crippen LogP contribution in [-0.2, 0) is 14.3 Å². The first-order chi connectivity index (χ1) is 13.7. The van der Waals surface area contributed by atoms with E-state index in [1.165, 1.54) is 0 Å². The number of ether oxygens (including phenoxy) is 2. The number of nitrogens with zero attached hydrogens (tertiary/aromatic N) is 1. The zero-order valence-corrected chi connectivity index (χ0v) is 17.4. The van der Waals surface area contributed by atoms with Crippen LogP contribution in [-0.4, -0.2) is 52.7 Å². The third-order valence-corrected chi connectivity index (χ3v) is 6.21. The van der Waals surface area contributed by atoms with E-state index < -0.39 is 0 Å². The summed E-state index contributed by atoms with van der Waals surface area (Å²) in [5.41, 5.74) is 0.557. The van der Waals surface area contributed by atoms with Gasteiger partial charge in [0.15, 0.2) is 0 Å². The maximum absolute atomic E-state index is 12.9. The van der Waals surface area contributed by atoms with Gasteiger partial charge in [-0.15, -0.1) is 0 Å². The normalized spacial score (nSPS) is 20.6. The zero-order valence-electron chi connectivity index (χ0n) is 15.7. The lowest BCUT2D eigenvalue weighted by molar-refractivity contribution is -0.132. The second-order valence-corrected chi connectivity index (χ2v) is 8.48. The van der Waals surface area contributed by atoms with E-state index in [4.69, 9.17) is 21.7 Å². The Kier molecular flexibility index (Phi) is 8.06. The van der Waals surface area contributed by atoms with Crippen LogP contribution in [0.4, 0.5) is 0 Å². The average Bonchev–Trinajstić information content (AvgIpc) is 3.39. The fraction of sp³-hybridized carbons (Fsp3) is 0.476. The van der Waals surface area contributed by atoms with Crippen LogP contribution in [0.3, 0.4) is 0 Å². The highest BCUT2D eigenvalue weighted by Crippen LogP contribution is 2.27. The van der Waals surface area contributed by atoms with Crippen molar-refractivity contribution in [1.29, 1.82) is 0 Å². The van der Waals surface area contributed by atoms with Crippen molar-refractivity contribution >= 4 is 40.2 Å². The molecule has 28 heavy (non-hydrogen) atoms. The molecule has 2 saturated heterocycles. The van der Waals surface area contributed by atoms with Gasteiger partial charge in [-0.25, -0.2) is 4.79 Å². The SMILES string of the molecule is O=C(OCCC/C=C/[C@@H](C(=O)N1CCSC1=S)[C@@H]1CCCO1)c1ccccc1. The molecule has 1 aromatic carbocycles. The first kappa shape index (κ1) is 21.0. The van der Waals surface area contributed by atoms with Crippen molar-refractivity contribution in [1.82, 2.24) is 4.90 Å². The van der Waals surface area contributed by atoms with E-state index >= 15 is 0 Å². The molecule has 7 heteroatoms. The molecule has 0 bridgehead atoms. The molecular formula is C21H25NO4S2. The number of thiocarbonyl (C=S) groups is 1. The first-order valence-corrected chi connectivity index (χ1v) is 11.0. The summed E-state index contributed by atoms with van der Waals surface area (Å²) < 4.78 is 11.7. The van der Waals surface area contributed by atoms with Crippen LogP contribution in [0.15, 0.2) is 42.5 Å². The van der Waals surface area contributed by atoms with Crippen molar-refractivity contribution in [3.05, 3.63) is 48.0 Å². The lowest BCUT2D eigenvalue weighted by Gasteiger charge is -2.24. The largest absolute Gasteiger partial charge is 0.462 e. The Hall–Kier alpha value is -1.70. The molecule has 2 aliphatic heterocycles. The minimum Gasteiger partial charge on any atom is -0.462 e. The third kappa shape index (κ3) is 5.65. The van der Waals surface area contributed by atoms with Gasteiger partial charge >= 0.3 is 5.97 Å². The van der Waals surface area contributed by atoms with Gasteiger partial charge in [-0.1, -0.05) is 54.3 Å². The highest BCUT2D eigenvalue weighted by atomic mass is 32.2. The van der Waals surface area contributed by atoms with Gasteiger partial charge in [-0.2, -0.15) is 0 Å². The molecule has 5 nitrogen and oxygen atoms in total. The summed E-state index contributed by atoms with van der Waals surface area (Å²) in [4.78, 5) is 26.5. The van der Waals surface area contributed by atoms with Gasteiger partial charge in [0.05, 0.1) is 24.2 Å². The Morgan fingerprint density at radius 2 is 2.18 bits per heavy atom. The van der Waals surface area contributed by atoms with Gasteiger partial charge in [0, 0.05) is 18.9 Å². The van der Waals surface area contributed by atoms with Crippen LogP contribution in [0.2, 0.25) is 0 Å². The molecule has 2 atom stereocenters. The Bertz CT molecular complexity index is 716. The molecular weight excluding hydrogens is 394 g/mol. The summed E-state index contributed by atoms with van der Waals surface area (Å²) in [6, 6.07) is 8.96. The monoisotopic (exact) mass is 419 g/mol. The van der Waals surface area contributed by atoms with Crippen molar-refractivity contribution in [2.24, 2.45) is 5.92 Å². The van der Waals surface area contributed by atoms with E-state index in [-0.39, 0.29) is 23.9 Å². The Balaban J connectivity index is 1.47. The number of amides is 1. The number of esters is 1. The average molecular weight is 420 g/mol. The van der Waals surface area contributed by atoms with Crippen LogP contribution in [0.25, 0.3) is 0 Å². The van der Waals surface area contributed by atoms with Gasteiger partial charge in [0.25, 0.3) is 0 Å². The number of hydrogen-bond acceptors (Lipinski definition) is 6. The molecule has 2 fully saturated rings. The second kappa shape index (κ2) is 10.7. The van der Waals surface area contributed by atoms with E-state index in [0.29, 0.717) is 36.1 Å². The number of carbonyl (C=O) groups excluding carboxylic acids is 2. The minimum atomic E-state index is -0.308. The molecule has 0 radical (unpaired) electrons.